The molecule has 0 aliphatic heterocycles. The molecule has 1 aliphatic carbocycles. The maximum atomic E-state index is 12.4. The lowest BCUT2D eigenvalue weighted by Gasteiger charge is -2.31. The number of amides is 1. The van der Waals surface area contributed by atoms with Gasteiger partial charge < -0.3 is 10.0 Å². The Morgan fingerprint density at radius 2 is 2.09 bits per heavy atom. The highest BCUT2D eigenvalue weighted by Gasteiger charge is 2.22. The molecule has 6 nitrogen and oxygen atoms in total. The first-order chi connectivity index (χ1) is 10.4. The molecule has 1 aromatic rings. The quantitative estimate of drug-likeness (QED) is 0.869. The fraction of sp³-hybridized carbons (Fsp3) is 0.812. The summed E-state index contributed by atoms with van der Waals surface area (Å²) in [6.45, 7) is 3.86. The third-order valence-corrected chi connectivity index (χ3v) is 4.31. The molecule has 0 atom stereocenters. The SMILES string of the molecule is CN(C(=O)CCc1ncnn1CC(C)(C)O)C1CCCCC1. The highest BCUT2D eigenvalue weighted by Crippen LogP contribution is 2.22. The molecule has 0 saturated heterocycles. The number of aromatic nitrogens is 3. The Bertz CT molecular complexity index is 487. The van der Waals surface area contributed by atoms with E-state index in [4.69, 9.17) is 0 Å². The van der Waals surface area contributed by atoms with E-state index in [2.05, 4.69) is 10.1 Å². The second-order valence-electron chi connectivity index (χ2n) is 6.94. The molecule has 0 bridgehead atoms. The lowest BCUT2D eigenvalue weighted by molar-refractivity contribution is -0.132. The number of carbonyl (C=O) groups excluding carboxylic acids is 1. The third kappa shape index (κ3) is 4.80. The van der Waals surface area contributed by atoms with Crippen molar-refractivity contribution < 1.29 is 9.90 Å². The van der Waals surface area contributed by atoms with Crippen molar-refractivity contribution in [3.8, 4) is 0 Å². The summed E-state index contributed by atoms with van der Waals surface area (Å²) < 4.78 is 1.69. The molecular weight excluding hydrogens is 280 g/mol. The molecule has 22 heavy (non-hydrogen) atoms. The van der Waals surface area contributed by atoms with Crippen molar-refractivity contribution in [1.29, 1.82) is 0 Å². The van der Waals surface area contributed by atoms with Crippen molar-refractivity contribution >= 4 is 5.91 Å². The van der Waals surface area contributed by atoms with E-state index < -0.39 is 5.60 Å². The Hall–Kier alpha value is -1.43. The molecule has 1 amide bonds. The molecule has 1 aliphatic rings. The zero-order valence-electron chi connectivity index (χ0n) is 14.0. The van der Waals surface area contributed by atoms with Crippen molar-refractivity contribution in [2.45, 2.75) is 77.0 Å². The molecule has 1 aromatic heterocycles. The van der Waals surface area contributed by atoms with Gasteiger partial charge in [0.15, 0.2) is 0 Å². The van der Waals surface area contributed by atoms with E-state index in [1.54, 1.807) is 18.5 Å². The Kier molecular flexibility index (Phi) is 5.56. The van der Waals surface area contributed by atoms with Gasteiger partial charge in [-0.15, -0.1) is 0 Å². The van der Waals surface area contributed by atoms with E-state index >= 15 is 0 Å². The summed E-state index contributed by atoms with van der Waals surface area (Å²) >= 11 is 0. The molecule has 1 saturated carbocycles. The molecule has 0 spiro atoms. The topological polar surface area (TPSA) is 71.2 Å². The Balaban J connectivity index is 1.87. The number of hydrogen-bond donors (Lipinski definition) is 1. The van der Waals surface area contributed by atoms with E-state index in [0.717, 1.165) is 18.7 Å². The molecule has 6 heteroatoms. The van der Waals surface area contributed by atoms with Crippen LogP contribution in [0.2, 0.25) is 0 Å². The van der Waals surface area contributed by atoms with Crippen LogP contribution in [0.25, 0.3) is 0 Å². The largest absolute Gasteiger partial charge is 0.389 e. The summed E-state index contributed by atoms with van der Waals surface area (Å²) in [5.41, 5.74) is -0.842. The molecule has 1 heterocycles. The highest BCUT2D eigenvalue weighted by molar-refractivity contribution is 5.76. The van der Waals surface area contributed by atoms with Crippen molar-refractivity contribution in [2.75, 3.05) is 7.05 Å². The van der Waals surface area contributed by atoms with Crippen molar-refractivity contribution in [3.05, 3.63) is 12.2 Å². The van der Waals surface area contributed by atoms with Crippen LogP contribution in [0.1, 0.15) is 58.2 Å². The summed E-state index contributed by atoms with van der Waals surface area (Å²) in [6, 6.07) is 0.399. The van der Waals surface area contributed by atoms with Crippen molar-refractivity contribution in [2.24, 2.45) is 0 Å². The standard InChI is InChI=1S/C16H28N4O2/c1-16(2,22)11-20-14(17-12-18-20)9-10-15(21)19(3)13-7-5-4-6-8-13/h12-13,22H,4-11H2,1-3H3. The lowest BCUT2D eigenvalue weighted by atomic mass is 9.94. The van der Waals surface area contributed by atoms with Gasteiger partial charge in [-0.1, -0.05) is 19.3 Å². The Morgan fingerprint density at radius 1 is 1.41 bits per heavy atom. The molecule has 124 valence electrons. The van der Waals surface area contributed by atoms with Gasteiger partial charge in [-0.2, -0.15) is 5.10 Å². The van der Waals surface area contributed by atoms with Crippen LogP contribution in [0.5, 0.6) is 0 Å². The van der Waals surface area contributed by atoms with Crippen LogP contribution in [-0.4, -0.2) is 49.4 Å². The van der Waals surface area contributed by atoms with Gasteiger partial charge in [-0.25, -0.2) is 9.67 Å². The minimum Gasteiger partial charge on any atom is -0.389 e. The summed E-state index contributed by atoms with van der Waals surface area (Å²) in [5, 5.41) is 14.0. The lowest BCUT2D eigenvalue weighted by Crippen LogP contribution is -2.38. The predicted octanol–water partition coefficient (Wildman–Crippen LogP) is 1.77. The van der Waals surface area contributed by atoms with Crippen LogP contribution in [0.15, 0.2) is 6.33 Å². The van der Waals surface area contributed by atoms with Gasteiger partial charge in [0.25, 0.3) is 0 Å². The van der Waals surface area contributed by atoms with Gasteiger partial charge in [0.2, 0.25) is 5.91 Å². The normalized spacial score (nSPS) is 16.7. The minimum absolute atomic E-state index is 0.171. The van der Waals surface area contributed by atoms with Crippen LogP contribution >= 0.6 is 0 Å². The third-order valence-electron chi connectivity index (χ3n) is 4.31. The van der Waals surface area contributed by atoms with E-state index in [1.807, 2.05) is 11.9 Å². The maximum absolute atomic E-state index is 12.4. The predicted molar refractivity (Wildman–Crippen MR) is 84.3 cm³/mol. The molecule has 1 N–H and O–H groups in total. The summed E-state index contributed by atoms with van der Waals surface area (Å²) in [4.78, 5) is 18.5. The first-order valence-electron chi connectivity index (χ1n) is 8.21. The fourth-order valence-corrected chi connectivity index (χ4v) is 3.05. The molecular formula is C16H28N4O2. The van der Waals surface area contributed by atoms with E-state index in [-0.39, 0.29) is 5.91 Å². The molecule has 0 radical (unpaired) electrons. The highest BCUT2D eigenvalue weighted by atomic mass is 16.3. The molecule has 2 rings (SSSR count). The maximum Gasteiger partial charge on any atom is 0.223 e. The van der Waals surface area contributed by atoms with Gasteiger partial charge >= 0.3 is 0 Å². The van der Waals surface area contributed by atoms with Crippen molar-refractivity contribution in [3.63, 3.8) is 0 Å². The smallest absolute Gasteiger partial charge is 0.223 e. The average molecular weight is 308 g/mol. The monoisotopic (exact) mass is 308 g/mol. The Morgan fingerprint density at radius 3 is 2.73 bits per heavy atom. The number of rotatable bonds is 6. The van der Waals surface area contributed by atoms with Crippen LogP contribution in [0, 0.1) is 0 Å². The number of nitrogens with zero attached hydrogens (tertiary/aromatic N) is 4. The Labute approximate surface area is 132 Å². The zero-order chi connectivity index (χ0) is 16.2. The molecule has 0 unspecified atom stereocenters. The molecule has 1 fully saturated rings. The molecule has 0 aromatic carbocycles. The van der Waals surface area contributed by atoms with Gasteiger partial charge in [0.05, 0.1) is 12.1 Å². The number of hydrogen-bond acceptors (Lipinski definition) is 4. The van der Waals surface area contributed by atoms with E-state index in [1.165, 1.54) is 25.6 Å². The van der Waals surface area contributed by atoms with E-state index in [9.17, 15) is 9.90 Å². The summed E-state index contributed by atoms with van der Waals surface area (Å²) in [5.74, 6) is 0.928. The van der Waals surface area contributed by atoms with Crippen LogP contribution in [0.3, 0.4) is 0 Å². The first kappa shape index (κ1) is 16.9. The van der Waals surface area contributed by atoms with Crippen molar-refractivity contribution in [1.82, 2.24) is 19.7 Å². The summed E-state index contributed by atoms with van der Waals surface area (Å²) in [6.07, 6.45) is 8.47. The van der Waals surface area contributed by atoms with Gasteiger partial charge in [-0.3, -0.25) is 4.79 Å². The van der Waals surface area contributed by atoms with Gasteiger partial charge in [-0.05, 0) is 26.7 Å². The van der Waals surface area contributed by atoms with Crippen LogP contribution in [0.4, 0.5) is 0 Å². The van der Waals surface area contributed by atoms with Crippen LogP contribution in [-0.2, 0) is 17.8 Å². The minimum atomic E-state index is -0.842. The second kappa shape index (κ2) is 7.22. The number of aryl methyl sites for hydroxylation is 1. The number of aliphatic hydroxyl groups is 1. The zero-order valence-corrected chi connectivity index (χ0v) is 14.0. The second-order valence-corrected chi connectivity index (χ2v) is 6.94. The van der Waals surface area contributed by atoms with Gasteiger partial charge in [0.1, 0.15) is 12.2 Å². The average Bonchev–Trinajstić information content (AvgIpc) is 2.90. The fourth-order valence-electron chi connectivity index (χ4n) is 3.05. The van der Waals surface area contributed by atoms with Gasteiger partial charge in [0, 0.05) is 25.9 Å². The summed E-state index contributed by atoms with van der Waals surface area (Å²) in [7, 11) is 1.92. The first-order valence-corrected chi connectivity index (χ1v) is 8.21. The number of carbonyl (C=O) groups is 1. The van der Waals surface area contributed by atoms with E-state index in [0.29, 0.717) is 25.4 Å². The van der Waals surface area contributed by atoms with Crippen LogP contribution < -0.4 is 0 Å².